The molecule has 0 radical (unpaired) electrons. The summed E-state index contributed by atoms with van der Waals surface area (Å²) in [5.41, 5.74) is 0. The Balaban J connectivity index is 2.33. The molecule has 0 spiro atoms. The third-order valence-corrected chi connectivity index (χ3v) is 4.39. The molecule has 1 saturated heterocycles. The van der Waals surface area contributed by atoms with Crippen molar-refractivity contribution < 1.29 is 13.2 Å². The number of likely N-dealkylation sites (tertiary alicyclic amines) is 1. The number of carbonyl (C=O) groups excluding carboxylic acids is 1. The van der Waals surface area contributed by atoms with Gasteiger partial charge >= 0.3 is 0 Å². The highest BCUT2D eigenvalue weighted by Crippen LogP contribution is 2.08. The molecule has 0 aromatic heterocycles. The lowest BCUT2D eigenvalue weighted by molar-refractivity contribution is -0.129. The largest absolute Gasteiger partial charge is 0.343 e. The van der Waals surface area contributed by atoms with Gasteiger partial charge in [0.25, 0.3) is 0 Å². The Hall–Kier alpha value is -1.13. The molecule has 1 amide bonds. The lowest BCUT2D eigenvalue weighted by atomic mass is 10.4. The van der Waals surface area contributed by atoms with Crippen LogP contribution in [0.5, 0.6) is 0 Å². The molecule has 1 unspecified atom stereocenters. The summed E-state index contributed by atoms with van der Waals surface area (Å²) in [4.78, 5) is 13.3. The van der Waals surface area contributed by atoms with Gasteiger partial charge in [-0.1, -0.05) is 0 Å². The van der Waals surface area contributed by atoms with Crippen LogP contribution >= 0.6 is 0 Å². The molecule has 17 heavy (non-hydrogen) atoms. The Morgan fingerprint density at radius 2 is 2.06 bits per heavy atom. The van der Waals surface area contributed by atoms with Gasteiger partial charge in [0.2, 0.25) is 15.9 Å². The van der Waals surface area contributed by atoms with Gasteiger partial charge in [0.1, 0.15) is 0 Å². The molecule has 0 bridgehead atoms. The Morgan fingerprint density at radius 1 is 1.47 bits per heavy atom. The molecule has 1 rings (SSSR count). The van der Waals surface area contributed by atoms with Gasteiger partial charge in [-0.15, -0.1) is 0 Å². The standard InChI is InChI=1S/C10H17N3O3S/c1-9(8-11)17(15,16)12-5-4-10(14)13-6-2-3-7-13/h9,12H,2-7H2,1H3. The van der Waals surface area contributed by atoms with E-state index in [9.17, 15) is 13.2 Å². The van der Waals surface area contributed by atoms with E-state index in [1.165, 1.54) is 6.92 Å². The van der Waals surface area contributed by atoms with Gasteiger partial charge in [0.15, 0.2) is 5.25 Å². The van der Waals surface area contributed by atoms with Gasteiger partial charge in [-0.05, 0) is 19.8 Å². The molecule has 0 aromatic carbocycles. The number of nitrogens with zero attached hydrogens (tertiary/aromatic N) is 2. The highest BCUT2D eigenvalue weighted by molar-refractivity contribution is 7.90. The molecular formula is C10H17N3O3S. The van der Waals surface area contributed by atoms with Gasteiger partial charge in [0, 0.05) is 26.1 Å². The van der Waals surface area contributed by atoms with Crippen molar-refractivity contribution in [1.82, 2.24) is 9.62 Å². The lowest BCUT2D eigenvalue weighted by Gasteiger charge is -2.15. The quantitative estimate of drug-likeness (QED) is 0.742. The number of nitriles is 1. The van der Waals surface area contributed by atoms with Crippen LogP contribution in [0.25, 0.3) is 0 Å². The van der Waals surface area contributed by atoms with Gasteiger partial charge < -0.3 is 4.90 Å². The number of sulfonamides is 1. The van der Waals surface area contributed by atoms with Crippen LogP contribution in [0.4, 0.5) is 0 Å². The second kappa shape index (κ2) is 5.98. The summed E-state index contributed by atoms with van der Waals surface area (Å²) < 4.78 is 25.1. The average molecular weight is 259 g/mol. The summed E-state index contributed by atoms with van der Waals surface area (Å²) >= 11 is 0. The SMILES string of the molecule is CC(C#N)S(=O)(=O)NCCC(=O)N1CCCC1. The highest BCUT2D eigenvalue weighted by Gasteiger charge is 2.21. The number of nitrogens with one attached hydrogen (secondary N) is 1. The van der Waals surface area contributed by atoms with Crippen LogP contribution in [0.3, 0.4) is 0 Å². The van der Waals surface area contributed by atoms with E-state index in [1.54, 1.807) is 11.0 Å². The lowest BCUT2D eigenvalue weighted by Crippen LogP contribution is -2.36. The van der Waals surface area contributed by atoms with Crippen molar-refractivity contribution in [3.8, 4) is 6.07 Å². The predicted octanol–water partition coefficient (Wildman–Crippen LogP) is -0.170. The third-order valence-electron chi connectivity index (χ3n) is 2.75. The van der Waals surface area contributed by atoms with Crippen LogP contribution in [0, 0.1) is 11.3 Å². The summed E-state index contributed by atoms with van der Waals surface area (Å²) in [7, 11) is -3.61. The molecule has 96 valence electrons. The van der Waals surface area contributed by atoms with E-state index in [1.807, 2.05) is 0 Å². The molecule has 1 aliphatic heterocycles. The van der Waals surface area contributed by atoms with E-state index in [2.05, 4.69) is 4.72 Å². The molecule has 0 saturated carbocycles. The fourth-order valence-corrected chi connectivity index (χ4v) is 2.39. The van der Waals surface area contributed by atoms with Crippen molar-refractivity contribution in [3.63, 3.8) is 0 Å². The van der Waals surface area contributed by atoms with Crippen molar-refractivity contribution in [1.29, 1.82) is 5.26 Å². The first-order chi connectivity index (χ1) is 7.97. The molecule has 1 N–H and O–H groups in total. The van der Waals surface area contributed by atoms with E-state index < -0.39 is 15.3 Å². The van der Waals surface area contributed by atoms with Crippen molar-refractivity contribution in [2.24, 2.45) is 0 Å². The van der Waals surface area contributed by atoms with Crippen LogP contribution in [-0.2, 0) is 14.8 Å². The summed E-state index contributed by atoms with van der Waals surface area (Å²) in [5, 5.41) is 7.41. The summed E-state index contributed by atoms with van der Waals surface area (Å²) in [6.45, 7) is 2.90. The van der Waals surface area contributed by atoms with E-state index >= 15 is 0 Å². The second-order valence-corrected chi connectivity index (χ2v) is 6.13. The molecular weight excluding hydrogens is 242 g/mol. The van der Waals surface area contributed by atoms with Gasteiger partial charge in [-0.25, -0.2) is 13.1 Å². The number of carbonyl (C=O) groups is 1. The molecule has 1 fully saturated rings. The number of hydrogen-bond acceptors (Lipinski definition) is 4. The van der Waals surface area contributed by atoms with Crippen LogP contribution in [0.1, 0.15) is 26.2 Å². The topological polar surface area (TPSA) is 90.3 Å². The number of amides is 1. The van der Waals surface area contributed by atoms with E-state index in [0.29, 0.717) is 0 Å². The van der Waals surface area contributed by atoms with Crippen LogP contribution in [-0.4, -0.2) is 44.1 Å². The maximum absolute atomic E-state index is 11.6. The van der Waals surface area contributed by atoms with Crippen molar-refractivity contribution in [2.45, 2.75) is 31.4 Å². The zero-order valence-electron chi connectivity index (χ0n) is 9.85. The minimum Gasteiger partial charge on any atom is -0.343 e. The smallest absolute Gasteiger partial charge is 0.227 e. The first-order valence-corrected chi connectivity index (χ1v) is 7.18. The van der Waals surface area contributed by atoms with Crippen molar-refractivity contribution >= 4 is 15.9 Å². The van der Waals surface area contributed by atoms with Gasteiger partial charge in [0.05, 0.1) is 6.07 Å². The van der Waals surface area contributed by atoms with E-state index in [4.69, 9.17) is 5.26 Å². The normalized spacial score (nSPS) is 17.8. The molecule has 1 aliphatic rings. The van der Waals surface area contributed by atoms with Crippen molar-refractivity contribution in [2.75, 3.05) is 19.6 Å². The zero-order chi connectivity index (χ0) is 12.9. The minimum absolute atomic E-state index is 0.0326. The molecule has 0 aromatic rings. The minimum atomic E-state index is -3.61. The Bertz CT molecular complexity index is 407. The fraction of sp³-hybridized carbons (Fsp3) is 0.800. The molecule has 1 heterocycles. The Labute approximate surface area is 102 Å². The maximum atomic E-state index is 11.6. The van der Waals surface area contributed by atoms with Crippen LogP contribution in [0.2, 0.25) is 0 Å². The molecule has 6 nitrogen and oxygen atoms in total. The molecule has 7 heteroatoms. The predicted molar refractivity (Wildman–Crippen MR) is 62.4 cm³/mol. The number of rotatable bonds is 5. The van der Waals surface area contributed by atoms with Gasteiger partial charge in [-0.2, -0.15) is 5.26 Å². The molecule has 0 aliphatic carbocycles. The summed E-state index contributed by atoms with van der Waals surface area (Å²) in [5.74, 6) is -0.0326. The fourth-order valence-electron chi connectivity index (χ4n) is 1.62. The van der Waals surface area contributed by atoms with Gasteiger partial charge in [-0.3, -0.25) is 4.79 Å². The Kier molecular flexibility index (Phi) is 4.90. The summed E-state index contributed by atoms with van der Waals surface area (Å²) in [6, 6.07) is 1.65. The first kappa shape index (κ1) is 13.9. The van der Waals surface area contributed by atoms with Crippen molar-refractivity contribution in [3.05, 3.63) is 0 Å². The maximum Gasteiger partial charge on any atom is 0.227 e. The Morgan fingerprint density at radius 3 is 2.59 bits per heavy atom. The molecule has 1 atom stereocenters. The first-order valence-electron chi connectivity index (χ1n) is 5.63. The van der Waals surface area contributed by atoms with E-state index in [0.717, 1.165) is 25.9 Å². The van der Waals surface area contributed by atoms with E-state index in [-0.39, 0.29) is 18.9 Å². The highest BCUT2D eigenvalue weighted by atomic mass is 32.2. The second-order valence-electron chi connectivity index (χ2n) is 4.05. The van der Waals surface area contributed by atoms with Crippen LogP contribution < -0.4 is 4.72 Å². The summed E-state index contributed by atoms with van der Waals surface area (Å²) in [6.07, 6.45) is 2.18. The third kappa shape index (κ3) is 3.98. The monoisotopic (exact) mass is 259 g/mol. The number of hydrogen-bond donors (Lipinski definition) is 1. The zero-order valence-corrected chi connectivity index (χ0v) is 10.7. The average Bonchev–Trinajstić information content (AvgIpc) is 2.80. The van der Waals surface area contributed by atoms with Crippen LogP contribution in [0.15, 0.2) is 0 Å².